The Morgan fingerprint density at radius 2 is 1.59 bits per heavy atom. The van der Waals surface area contributed by atoms with Gasteiger partial charge < -0.3 is 20.9 Å². The Morgan fingerprint density at radius 1 is 1.03 bits per heavy atom. The van der Waals surface area contributed by atoms with Gasteiger partial charge in [-0.05, 0) is 30.4 Å². The number of amides is 1. The predicted molar refractivity (Wildman–Crippen MR) is 112 cm³/mol. The molecular weight excluding hydrogens is 368 g/mol. The zero-order chi connectivity index (χ0) is 21.4. The minimum atomic E-state index is -1.97. The zero-order valence-electron chi connectivity index (χ0n) is 17.2. The number of carbonyl (C=O) groups excluding carboxylic acids is 2. The fourth-order valence-corrected chi connectivity index (χ4v) is 3.24. The van der Waals surface area contributed by atoms with Crippen molar-refractivity contribution in [1.82, 2.24) is 5.32 Å². The summed E-state index contributed by atoms with van der Waals surface area (Å²) in [5, 5.41) is 14.0. The van der Waals surface area contributed by atoms with Crippen molar-refractivity contribution >= 4 is 11.9 Å². The molecule has 3 atom stereocenters. The second kappa shape index (κ2) is 10.2. The number of aliphatic hydroxyl groups is 1. The number of ketones is 1. The Morgan fingerprint density at radius 3 is 2.14 bits per heavy atom. The molecule has 0 saturated heterocycles. The van der Waals surface area contributed by atoms with Gasteiger partial charge in [0.2, 0.25) is 0 Å². The maximum Gasteiger partial charge on any atom is 0.407 e. The summed E-state index contributed by atoms with van der Waals surface area (Å²) in [6.07, 6.45) is -0.292. The second-order valence-electron chi connectivity index (χ2n) is 7.66. The van der Waals surface area contributed by atoms with E-state index in [9.17, 15) is 14.7 Å². The topological polar surface area (TPSA) is 102 Å². The average Bonchev–Trinajstić information content (AvgIpc) is 2.72. The Kier molecular flexibility index (Phi) is 7.93. The summed E-state index contributed by atoms with van der Waals surface area (Å²) in [4.78, 5) is 25.4. The van der Waals surface area contributed by atoms with Crippen molar-refractivity contribution in [3.05, 3.63) is 71.8 Å². The van der Waals surface area contributed by atoms with Crippen LogP contribution in [0.4, 0.5) is 4.79 Å². The first-order chi connectivity index (χ1) is 13.7. The van der Waals surface area contributed by atoms with Gasteiger partial charge in [0.1, 0.15) is 6.61 Å². The maximum atomic E-state index is 13.1. The minimum absolute atomic E-state index is 0.0873. The summed E-state index contributed by atoms with van der Waals surface area (Å²) in [7, 11) is 0. The highest BCUT2D eigenvalue weighted by molar-refractivity contribution is 5.93. The first-order valence-corrected chi connectivity index (χ1v) is 9.80. The number of carbonyl (C=O) groups is 2. The van der Waals surface area contributed by atoms with E-state index in [-0.39, 0.29) is 12.5 Å². The van der Waals surface area contributed by atoms with Crippen LogP contribution < -0.4 is 11.1 Å². The minimum Gasteiger partial charge on any atom is -0.445 e. The van der Waals surface area contributed by atoms with Crippen LogP contribution in [0.25, 0.3) is 0 Å². The number of rotatable bonds is 9. The highest BCUT2D eigenvalue weighted by Crippen LogP contribution is 2.29. The molecule has 6 nitrogen and oxygen atoms in total. The number of Topliss-reactive ketones (excluding diaryl/α,β-unsaturated/α-hetero) is 1. The van der Waals surface area contributed by atoms with Gasteiger partial charge in [0.05, 0.1) is 12.1 Å². The van der Waals surface area contributed by atoms with Gasteiger partial charge in [-0.1, -0.05) is 74.5 Å². The Labute approximate surface area is 172 Å². The number of hydrogen-bond acceptors (Lipinski definition) is 5. The van der Waals surface area contributed by atoms with Crippen molar-refractivity contribution in [3.63, 3.8) is 0 Å². The molecule has 2 rings (SSSR count). The Bertz CT molecular complexity index is 795. The van der Waals surface area contributed by atoms with E-state index in [4.69, 9.17) is 10.5 Å². The number of hydrogen-bond donors (Lipinski definition) is 3. The lowest BCUT2D eigenvalue weighted by molar-refractivity contribution is -0.143. The standard InChI is InChI=1S/C23H30N2O4/c1-16(2)14-20(24)21(26)23(28,19-12-8-5-9-13-19)17(3)25-22(27)29-15-18-10-6-4-7-11-18/h4-13,16-17,20,28H,14-15,24H2,1-3H3,(H,25,27)/t17-,20-,23?/m0/s1. The monoisotopic (exact) mass is 398 g/mol. The van der Waals surface area contributed by atoms with Crippen LogP contribution in [0.5, 0.6) is 0 Å². The summed E-state index contributed by atoms with van der Waals surface area (Å²) >= 11 is 0. The van der Waals surface area contributed by atoms with Gasteiger partial charge >= 0.3 is 6.09 Å². The zero-order valence-corrected chi connectivity index (χ0v) is 17.2. The van der Waals surface area contributed by atoms with Crippen molar-refractivity contribution in [2.45, 2.75) is 51.5 Å². The third-order valence-corrected chi connectivity index (χ3v) is 4.83. The van der Waals surface area contributed by atoms with Gasteiger partial charge in [-0.3, -0.25) is 4.79 Å². The van der Waals surface area contributed by atoms with Crippen molar-refractivity contribution < 1.29 is 19.4 Å². The van der Waals surface area contributed by atoms with Gasteiger partial charge in [-0.25, -0.2) is 4.79 Å². The summed E-state index contributed by atoms with van der Waals surface area (Å²) in [5.41, 5.74) is 5.33. The van der Waals surface area contributed by atoms with Crippen LogP contribution in [-0.4, -0.2) is 29.1 Å². The number of benzene rings is 2. The van der Waals surface area contributed by atoms with Gasteiger partial charge in [0.15, 0.2) is 11.4 Å². The molecule has 2 aromatic carbocycles. The molecule has 156 valence electrons. The fraction of sp³-hybridized carbons (Fsp3) is 0.391. The molecule has 0 fully saturated rings. The summed E-state index contributed by atoms with van der Waals surface area (Å²) in [6.45, 7) is 5.56. The number of alkyl carbamates (subject to hydrolysis) is 1. The molecule has 0 aliphatic rings. The first kappa shape index (κ1) is 22.6. The van der Waals surface area contributed by atoms with Crippen LogP contribution in [-0.2, 0) is 21.7 Å². The molecule has 1 amide bonds. The quantitative estimate of drug-likeness (QED) is 0.602. The van der Waals surface area contributed by atoms with Crippen LogP contribution in [0.2, 0.25) is 0 Å². The highest BCUT2D eigenvalue weighted by atomic mass is 16.5. The van der Waals surface area contributed by atoms with Crippen LogP contribution in [0.1, 0.15) is 38.3 Å². The van der Waals surface area contributed by atoms with E-state index in [2.05, 4.69) is 5.32 Å². The third kappa shape index (κ3) is 5.89. The van der Waals surface area contributed by atoms with E-state index >= 15 is 0 Å². The number of nitrogens with one attached hydrogen (secondary N) is 1. The lowest BCUT2D eigenvalue weighted by Gasteiger charge is -2.35. The first-order valence-electron chi connectivity index (χ1n) is 9.80. The molecule has 0 saturated carbocycles. The van der Waals surface area contributed by atoms with Crippen molar-refractivity contribution in [2.24, 2.45) is 11.7 Å². The fourth-order valence-electron chi connectivity index (χ4n) is 3.24. The average molecular weight is 399 g/mol. The van der Waals surface area contributed by atoms with Gasteiger partial charge in [0, 0.05) is 0 Å². The third-order valence-electron chi connectivity index (χ3n) is 4.83. The van der Waals surface area contributed by atoms with E-state index in [0.717, 1.165) is 5.56 Å². The molecular formula is C23H30N2O4. The van der Waals surface area contributed by atoms with Gasteiger partial charge in [-0.15, -0.1) is 0 Å². The molecule has 0 spiro atoms. The van der Waals surface area contributed by atoms with Crippen molar-refractivity contribution in [2.75, 3.05) is 0 Å². The van der Waals surface area contributed by atoms with E-state index in [1.165, 1.54) is 0 Å². The Hall–Kier alpha value is -2.70. The van der Waals surface area contributed by atoms with Crippen molar-refractivity contribution in [3.8, 4) is 0 Å². The van der Waals surface area contributed by atoms with Crippen LogP contribution in [0.15, 0.2) is 60.7 Å². The van der Waals surface area contributed by atoms with Crippen molar-refractivity contribution in [1.29, 1.82) is 0 Å². The molecule has 4 N–H and O–H groups in total. The highest BCUT2D eigenvalue weighted by Gasteiger charge is 2.46. The molecule has 0 heterocycles. The summed E-state index contributed by atoms with van der Waals surface area (Å²) in [5.74, 6) is -0.346. The van der Waals surface area contributed by atoms with Crippen LogP contribution >= 0.6 is 0 Å². The molecule has 0 aliphatic carbocycles. The summed E-state index contributed by atoms with van der Waals surface area (Å²) in [6, 6.07) is 16.0. The number of ether oxygens (including phenoxy) is 1. The molecule has 0 aromatic heterocycles. The number of nitrogens with two attached hydrogens (primary N) is 1. The van der Waals surface area contributed by atoms with E-state index in [1.807, 2.05) is 44.2 Å². The predicted octanol–water partition coefficient (Wildman–Crippen LogP) is 3.13. The molecule has 0 aliphatic heterocycles. The molecule has 6 heteroatoms. The normalized spacial score (nSPS) is 15.2. The molecule has 2 aromatic rings. The Balaban J connectivity index is 2.17. The smallest absolute Gasteiger partial charge is 0.407 e. The molecule has 29 heavy (non-hydrogen) atoms. The lowest BCUT2D eigenvalue weighted by Crippen LogP contribution is -2.58. The molecule has 1 unspecified atom stereocenters. The molecule has 0 bridgehead atoms. The largest absolute Gasteiger partial charge is 0.445 e. The van der Waals surface area contributed by atoms with E-state index in [0.29, 0.717) is 12.0 Å². The lowest BCUT2D eigenvalue weighted by atomic mass is 9.79. The van der Waals surface area contributed by atoms with Crippen LogP contribution in [0.3, 0.4) is 0 Å². The van der Waals surface area contributed by atoms with Crippen LogP contribution in [0, 0.1) is 5.92 Å². The molecule has 0 radical (unpaired) electrons. The second-order valence-corrected chi connectivity index (χ2v) is 7.66. The van der Waals surface area contributed by atoms with Gasteiger partial charge in [0.25, 0.3) is 0 Å². The van der Waals surface area contributed by atoms with Gasteiger partial charge in [-0.2, -0.15) is 0 Å². The SMILES string of the molecule is CC(C)C[C@H](N)C(=O)C(O)(c1ccccc1)[C@H](C)NC(=O)OCc1ccccc1. The van der Waals surface area contributed by atoms with E-state index in [1.54, 1.807) is 37.3 Å². The van der Waals surface area contributed by atoms with E-state index < -0.39 is 29.6 Å². The summed E-state index contributed by atoms with van der Waals surface area (Å²) < 4.78 is 5.23. The maximum absolute atomic E-state index is 13.1.